The fraction of sp³-hybridized carbons (Fsp3) is 0.381. The molecule has 2 aromatic rings. The predicted molar refractivity (Wildman–Crippen MR) is 112 cm³/mol. The van der Waals surface area contributed by atoms with E-state index in [1.165, 1.54) is 33.8 Å². The Labute approximate surface area is 172 Å². The molecule has 7 nitrogen and oxygen atoms in total. The highest BCUT2D eigenvalue weighted by Gasteiger charge is 2.30. The molecule has 29 heavy (non-hydrogen) atoms. The smallest absolute Gasteiger partial charge is 0.243 e. The van der Waals surface area contributed by atoms with Crippen molar-refractivity contribution < 1.29 is 22.8 Å². The Hall–Kier alpha value is -2.42. The Morgan fingerprint density at radius 2 is 1.79 bits per heavy atom. The first-order valence-corrected chi connectivity index (χ1v) is 11.1. The van der Waals surface area contributed by atoms with Gasteiger partial charge in [0, 0.05) is 18.2 Å². The highest BCUT2D eigenvalue weighted by molar-refractivity contribution is 7.89. The van der Waals surface area contributed by atoms with Crippen LogP contribution in [0.25, 0.3) is 0 Å². The third-order valence-corrected chi connectivity index (χ3v) is 7.03. The second-order valence-electron chi connectivity index (χ2n) is 7.35. The summed E-state index contributed by atoms with van der Waals surface area (Å²) >= 11 is 0. The fourth-order valence-electron chi connectivity index (χ4n) is 3.60. The minimum Gasteiger partial charge on any atom is -0.496 e. The molecule has 0 spiro atoms. The van der Waals surface area contributed by atoms with Gasteiger partial charge in [0.15, 0.2) is 0 Å². The van der Waals surface area contributed by atoms with Crippen LogP contribution in [-0.4, -0.2) is 51.9 Å². The van der Waals surface area contributed by atoms with Crippen LogP contribution in [0.15, 0.2) is 47.4 Å². The summed E-state index contributed by atoms with van der Waals surface area (Å²) < 4.78 is 32.9. The summed E-state index contributed by atoms with van der Waals surface area (Å²) in [6, 6.07) is 12.4. The first kappa shape index (κ1) is 21.3. The summed E-state index contributed by atoms with van der Waals surface area (Å²) in [6.07, 6.45) is 0. The molecule has 3 rings (SSSR count). The largest absolute Gasteiger partial charge is 0.496 e. The molecule has 1 saturated heterocycles. The van der Waals surface area contributed by atoms with Crippen LogP contribution in [0.4, 0.5) is 5.69 Å². The zero-order chi connectivity index (χ0) is 21.0. The SMILES string of the molecule is COc1ccc(C)cc1C[NH+]1CCN(S(=O)(=O)c2ccc(NC(C)=O)cc2)CC1. The van der Waals surface area contributed by atoms with Crippen LogP contribution in [0.2, 0.25) is 0 Å². The Balaban J connectivity index is 1.64. The number of hydrogen-bond acceptors (Lipinski definition) is 4. The normalized spacial score (nSPS) is 15.8. The van der Waals surface area contributed by atoms with E-state index in [2.05, 4.69) is 18.3 Å². The standard InChI is InChI=1S/C21H27N3O4S/c1-16-4-9-21(28-3)18(14-16)15-23-10-12-24(13-11-23)29(26,27)20-7-5-19(6-8-20)22-17(2)25/h4-9,14H,10-13,15H2,1-3H3,(H,22,25)/p+1. The number of rotatable bonds is 6. The van der Waals surface area contributed by atoms with E-state index in [9.17, 15) is 13.2 Å². The van der Waals surface area contributed by atoms with E-state index in [0.717, 1.165) is 30.9 Å². The number of hydrogen-bond donors (Lipinski definition) is 2. The lowest BCUT2D eigenvalue weighted by Crippen LogP contribution is -3.13. The summed E-state index contributed by atoms with van der Waals surface area (Å²) in [5, 5.41) is 2.64. The van der Waals surface area contributed by atoms with Gasteiger partial charge < -0.3 is 15.0 Å². The molecular weight excluding hydrogens is 390 g/mol. The number of methoxy groups -OCH3 is 1. The molecule has 0 radical (unpaired) electrons. The van der Waals surface area contributed by atoms with Gasteiger partial charge in [-0.15, -0.1) is 0 Å². The number of sulfonamides is 1. The van der Waals surface area contributed by atoms with Crippen molar-refractivity contribution in [3.63, 3.8) is 0 Å². The lowest BCUT2D eigenvalue weighted by atomic mass is 10.1. The molecule has 0 atom stereocenters. The number of carbonyl (C=O) groups excluding carboxylic acids is 1. The Kier molecular flexibility index (Phi) is 6.56. The van der Waals surface area contributed by atoms with Crippen LogP contribution in [0, 0.1) is 6.92 Å². The highest BCUT2D eigenvalue weighted by atomic mass is 32.2. The highest BCUT2D eigenvalue weighted by Crippen LogP contribution is 2.20. The molecule has 0 aliphatic carbocycles. The molecule has 0 saturated carbocycles. The molecule has 1 aliphatic heterocycles. The van der Waals surface area contributed by atoms with Crippen molar-refractivity contribution >= 4 is 21.6 Å². The van der Waals surface area contributed by atoms with Crippen molar-refractivity contribution in [2.24, 2.45) is 0 Å². The van der Waals surface area contributed by atoms with E-state index < -0.39 is 10.0 Å². The summed E-state index contributed by atoms with van der Waals surface area (Å²) in [5.74, 6) is 0.683. The van der Waals surface area contributed by atoms with Crippen molar-refractivity contribution in [2.75, 3.05) is 38.6 Å². The number of ether oxygens (including phenoxy) is 1. The summed E-state index contributed by atoms with van der Waals surface area (Å²) in [5.41, 5.74) is 2.91. The maximum absolute atomic E-state index is 12.9. The molecule has 1 aliphatic rings. The molecule has 1 amide bonds. The number of piperazine rings is 1. The summed E-state index contributed by atoms with van der Waals surface area (Å²) in [6.45, 7) is 6.70. The van der Waals surface area contributed by atoms with Crippen LogP contribution in [-0.2, 0) is 21.4 Å². The van der Waals surface area contributed by atoms with E-state index in [1.54, 1.807) is 19.2 Å². The van der Waals surface area contributed by atoms with Crippen molar-refractivity contribution in [1.82, 2.24) is 4.31 Å². The summed E-state index contributed by atoms with van der Waals surface area (Å²) in [7, 11) is -1.87. The topological polar surface area (TPSA) is 80.2 Å². The Morgan fingerprint density at radius 1 is 1.14 bits per heavy atom. The van der Waals surface area contributed by atoms with Gasteiger partial charge in [-0.3, -0.25) is 4.79 Å². The van der Waals surface area contributed by atoms with Gasteiger partial charge in [0.25, 0.3) is 0 Å². The number of nitrogens with zero attached hydrogens (tertiary/aromatic N) is 1. The lowest BCUT2D eigenvalue weighted by Gasteiger charge is -2.31. The van der Waals surface area contributed by atoms with Crippen LogP contribution < -0.4 is 15.0 Å². The van der Waals surface area contributed by atoms with Gasteiger partial charge in [-0.2, -0.15) is 4.31 Å². The van der Waals surface area contributed by atoms with Gasteiger partial charge in [-0.25, -0.2) is 8.42 Å². The van der Waals surface area contributed by atoms with E-state index in [1.807, 2.05) is 12.1 Å². The molecule has 2 N–H and O–H groups in total. The van der Waals surface area contributed by atoms with Crippen LogP contribution >= 0.6 is 0 Å². The molecule has 1 heterocycles. The average Bonchev–Trinajstić information content (AvgIpc) is 2.68. The zero-order valence-electron chi connectivity index (χ0n) is 17.1. The second kappa shape index (κ2) is 8.94. The number of anilines is 1. The first-order chi connectivity index (χ1) is 13.8. The van der Waals surface area contributed by atoms with E-state index >= 15 is 0 Å². The molecule has 156 valence electrons. The van der Waals surface area contributed by atoms with Gasteiger partial charge in [0.05, 0.1) is 38.2 Å². The first-order valence-electron chi connectivity index (χ1n) is 9.64. The second-order valence-corrected chi connectivity index (χ2v) is 9.29. The monoisotopic (exact) mass is 418 g/mol. The molecule has 0 unspecified atom stereocenters. The van der Waals surface area contributed by atoms with Gasteiger partial charge in [-0.1, -0.05) is 11.6 Å². The molecule has 1 fully saturated rings. The molecule has 8 heteroatoms. The van der Waals surface area contributed by atoms with Crippen molar-refractivity contribution in [1.29, 1.82) is 0 Å². The van der Waals surface area contributed by atoms with Crippen molar-refractivity contribution in [3.05, 3.63) is 53.6 Å². The lowest BCUT2D eigenvalue weighted by molar-refractivity contribution is -0.917. The van der Waals surface area contributed by atoms with Crippen LogP contribution in [0.3, 0.4) is 0 Å². The van der Waals surface area contributed by atoms with E-state index in [4.69, 9.17) is 4.74 Å². The van der Waals surface area contributed by atoms with E-state index in [-0.39, 0.29) is 10.8 Å². The number of carbonyl (C=O) groups is 1. The number of quaternary nitrogens is 1. The number of benzene rings is 2. The molecule has 0 aromatic heterocycles. The zero-order valence-corrected chi connectivity index (χ0v) is 17.9. The fourth-order valence-corrected chi connectivity index (χ4v) is 5.04. The van der Waals surface area contributed by atoms with Crippen molar-refractivity contribution in [3.8, 4) is 5.75 Å². The molecule has 0 bridgehead atoms. The predicted octanol–water partition coefficient (Wildman–Crippen LogP) is 1.05. The molecular formula is C21H28N3O4S+. The van der Waals surface area contributed by atoms with Gasteiger partial charge in [-0.05, 0) is 43.3 Å². The number of nitrogens with one attached hydrogen (secondary N) is 2. The maximum Gasteiger partial charge on any atom is 0.243 e. The third-order valence-electron chi connectivity index (χ3n) is 5.12. The van der Waals surface area contributed by atoms with Crippen LogP contribution in [0.1, 0.15) is 18.1 Å². The Bertz CT molecular complexity index is 966. The summed E-state index contributed by atoms with van der Waals surface area (Å²) in [4.78, 5) is 12.7. The van der Waals surface area contributed by atoms with E-state index in [0.29, 0.717) is 18.8 Å². The van der Waals surface area contributed by atoms with Crippen LogP contribution in [0.5, 0.6) is 5.75 Å². The minimum absolute atomic E-state index is 0.190. The number of aryl methyl sites for hydroxylation is 1. The maximum atomic E-state index is 12.9. The van der Waals surface area contributed by atoms with Crippen molar-refractivity contribution in [2.45, 2.75) is 25.3 Å². The average molecular weight is 419 g/mol. The van der Waals surface area contributed by atoms with Gasteiger partial charge >= 0.3 is 0 Å². The van der Waals surface area contributed by atoms with Gasteiger partial charge in [0.2, 0.25) is 15.9 Å². The van der Waals surface area contributed by atoms with Gasteiger partial charge in [0.1, 0.15) is 12.3 Å². The minimum atomic E-state index is -3.54. The quantitative estimate of drug-likeness (QED) is 0.735. The molecule has 2 aromatic carbocycles. The number of amides is 1. The third kappa shape index (κ3) is 5.14. The Morgan fingerprint density at radius 3 is 2.38 bits per heavy atom.